The number of carbonyl (C=O) groups excluding carboxylic acids is 1. The number of nitrogens with zero attached hydrogens (tertiary/aromatic N) is 3. The molecule has 1 amide bonds. The first-order chi connectivity index (χ1) is 17.1. The molecule has 2 aromatic heterocycles. The molecule has 3 N–H and O–H groups in total. The molecule has 1 saturated carbocycles. The first-order valence-electron chi connectivity index (χ1n) is 12.6. The highest BCUT2D eigenvalue weighted by Gasteiger charge is 2.24. The predicted molar refractivity (Wildman–Crippen MR) is 138 cm³/mol. The largest absolute Gasteiger partial charge is 0.457 e. The van der Waals surface area contributed by atoms with Gasteiger partial charge in [-0.2, -0.15) is 0 Å². The number of hydrogen-bond acceptors (Lipinski definition) is 8. The van der Waals surface area contributed by atoms with Gasteiger partial charge in [0.05, 0.1) is 22.4 Å². The molecule has 0 radical (unpaired) electrons. The summed E-state index contributed by atoms with van der Waals surface area (Å²) >= 11 is 1.55. The summed E-state index contributed by atoms with van der Waals surface area (Å²) in [5, 5.41) is 17.5. The average Bonchev–Trinajstić information content (AvgIpc) is 3.50. The second-order valence-corrected chi connectivity index (χ2v) is 10.4. The molecule has 3 atom stereocenters. The maximum Gasteiger partial charge on any atom is 0.270 e. The summed E-state index contributed by atoms with van der Waals surface area (Å²) in [5.41, 5.74) is 1.23. The number of fused-ring (bicyclic) bond motifs is 1. The van der Waals surface area contributed by atoms with E-state index in [-0.39, 0.29) is 18.1 Å². The molecule has 5 rings (SSSR count). The van der Waals surface area contributed by atoms with Crippen molar-refractivity contribution in [1.29, 1.82) is 0 Å². The Morgan fingerprint density at radius 1 is 1.17 bits per heavy atom. The fourth-order valence-electron chi connectivity index (χ4n) is 5.05. The summed E-state index contributed by atoms with van der Waals surface area (Å²) in [5.74, 6) is 1.05. The number of likely N-dealkylation sites (tertiary alicyclic amines) is 1. The maximum absolute atomic E-state index is 12.7. The molecule has 1 saturated heterocycles. The van der Waals surface area contributed by atoms with E-state index in [1.807, 2.05) is 18.2 Å². The first kappa shape index (κ1) is 24.0. The van der Waals surface area contributed by atoms with E-state index in [2.05, 4.69) is 32.4 Å². The number of benzene rings is 1. The van der Waals surface area contributed by atoms with Crippen LogP contribution in [0.25, 0.3) is 10.2 Å². The molecule has 1 aliphatic carbocycles. The zero-order valence-corrected chi connectivity index (χ0v) is 20.9. The second kappa shape index (κ2) is 10.9. The van der Waals surface area contributed by atoms with Crippen LogP contribution in [0, 0.1) is 0 Å². The Balaban J connectivity index is 1.22. The number of nitrogens with one attached hydrogen (secondary N) is 2. The van der Waals surface area contributed by atoms with Gasteiger partial charge < -0.3 is 20.5 Å². The lowest BCUT2D eigenvalue weighted by Crippen LogP contribution is -2.40. The van der Waals surface area contributed by atoms with Crippen LogP contribution in [0.1, 0.15) is 55.9 Å². The molecule has 1 aromatic carbocycles. The number of carbonyl (C=O) groups is 1. The molecule has 3 heterocycles. The Bertz CT molecular complexity index is 1170. The van der Waals surface area contributed by atoms with Crippen LogP contribution in [0.3, 0.4) is 0 Å². The van der Waals surface area contributed by atoms with E-state index >= 15 is 0 Å². The number of likely N-dealkylation sites (N-methyl/N-ethyl adjacent to an activating group) is 1. The Labute approximate surface area is 209 Å². The molecule has 35 heavy (non-hydrogen) atoms. The van der Waals surface area contributed by atoms with Crippen LogP contribution >= 0.6 is 11.3 Å². The molecular weight excluding hydrogens is 462 g/mol. The Kier molecular flexibility index (Phi) is 7.46. The van der Waals surface area contributed by atoms with Gasteiger partial charge in [0.2, 0.25) is 0 Å². The van der Waals surface area contributed by atoms with Gasteiger partial charge in [0, 0.05) is 30.9 Å². The van der Waals surface area contributed by atoms with Crippen molar-refractivity contribution in [2.75, 3.05) is 25.0 Å². The molecule has 2 aliphatic rings. The van der Waals surface area contributed by atoms with Crippen molar-refractivity contribution in [2.45, 2.75) is 63.6 Å². The third kappa shape index (κ3) is 5.74. The van der Waals surface area contributed by atoms with Gasteiger partial charge >= 0.3 is 0 Å². The fraction of sp³-hybridized carbons (Fsp3) is 0.500. The van der Waals surface area contributed by atoms with E-state index in [0.29, 0.717) is 29.8 Å². The summed E-state index contributed by atoms with van der Waals surface area (Å²) in [4.78, 5) is 24.0. The molecule has 1 unspecified atom stereocenters. The number of anilines is 1. The van der Waals surface area contributed by atoms with Crippen molar-refractivity contribution in [2.24, 2.45) is 0 Å². The van der Waals surface area contributed by atoms with E-state index < -0.39 is 0 Å². The number of aliphatic hydroxyl groups excluding tert-OH is 1. The van der Waals surface area contributed by atoms with E-state index in [1.54, 1.807) is 29.7 Å². The van der Waals surface area contributed by atoms with E-state index in [4.69, 9.17) is 4.74 Å². The van der Waals surface area contributed by atoms with Gasteiger partial charge in [-0.1, -0.05) is 31.1 Å². The van der Waals surface area contributed by atoms with Gasteiger partial charge in [-0.3, -0.25) is 14.7 Å². The Morgan fingerprint density at radius 2 is 2.03 bits per heavy atom. The van der Waals surface area contributed by atoms with Crippen LogP contribution < -0.4 is 15.4 Å². The van der Waals surface area contributed by atoms with Crippen molar-refractivity contribution in [3.05, 3.63) is 42.2 Å². The Morgan fingerprint density at radius 3 is 2.89 bits per heavy atom. The number of rotatable bonds is 8. The van der Waals surface area contributed by atoms with Crippen LogP contribution in [0.2, 0.25) is 0 Å². The molecule has 9 heteroatoms. The zero-order valence-electron chi connectivity index (χ0n) is 20.1. The third-order valence-corrected chi connectivity index (χ3v) is 7.95. The highest BCUT2D eigenvalue weighted by Crippen LogP contribution is 2.33. The Hall–Kier alpha value is -2.75. The summed E-state index contributed by atoms with van der Waals surface area (Å²) in [6, 6.07) is 9.64. The van der Waals surface area contributed by atoms with Crippen LogP contribution in [0.15, 0.2) is 36.5 Å². The number of pyridine rings is 1. The lowest BCUT2D eigenvalue weighted by atomic mass is 9.93. The standard InChI is InChI=1S/C26H33N5O3S/c1-2-31-13-5-6-17(31)16-28-25(33)22-14-19(11-12-27-22)34-18-9-10-21-24(15-18)35-26(30-21)29-20-7-3-4-8-23(20)32/h9-12,14-15,17,20,23,32H,2-8,13,16H2,1H3,(H,28,33)(H,29,30)/t17?,20-,23-/m1/s1. The monoisotopic (exact) mass is 495 g/mol. The minimum atomic E-state index is -0.323. The summed E-state index contributed by atoms with van der Waals surface area (Å²) in [7, 11) is 0. The molecular formula is C26H33N5O3S. The predicted octanol–water partition coefficient (Wildman–Crippen LogP) is 4.41. The van der Waals surface area contributed by atoms with Crippen molar-refractivity contribution < 1.29 is 14.6 Å². The highest BCUT2D eigenvalue weighted by molar-refractivity contribution is 7.22. The average molecular weight is 496 g/mol. The molecule has 2 fully saturated rings. The normalized spacial score (nSPS) is 22.9. The van der Waals surface area contributed by atoms with Crippen molar-refractivity contribution in [3.63, 3.8) is 0 Å². The number of amides is 1. The van der Waals surface area contributed by atoms with Gasteiger partial charge in [0.15, 0.2) is 5.13 Å². The minimum absolute atomic E-state index is 0.0557. The van der Waals surface area contributed by atoms with Crippen molar-refractivity contribution >= 4 is 32.6 Å². The molecule has 8 nitrogen and oxygen atoms in total. The van der Waals surface area contributed by atoms with Crippen molar-refractivity contribution in [3.8, 4) is 11.5 Å². The van der Waals surface area contributed by atoms with E-state index in [9.17, 15) is 9.90 Å². The van der Waals surface area contributed by atoms with Crippen LogP contribution in [0.5, 0.6) is 11.5 Å². The summed E-state index contributed by atoms with van der Waals surface area (Å²) < 4.78 is 7.06. The lowest BCUT2D eigenvalue weighted by molar-refractivity contribution is 0.0936. The maximum atomic E-state index is 12.7. The molecule has 1 aliphatic heterocycles. The van der Waals surface area contributed by atoms with Gasteiger partial charge in [-0.15, -0.1) is 0 Å². The quantitative estimate of drug-likeness (QED) is 0.426. The number of thiazole rings is 1. The van der Waals surface area contributed by atoms with E-state index in [0.717, 1.165) is 60.5 Å². The molecule has 186 valence electrons. The van der Waals surface area contributed by atoms with Crippen LogP contribution in [-0.4, -0.2) is 63.7 Å². The smallest absolute Gasteiger partial charge is 0.270 e. The molecule has 0 spiro atoms. The molecule has 3 aromatic rings. The van der Waals surface area contributed by atoms with Gasteiger partial charge in [-0.25, -0.2) is 4.98 Å². The second-order valence-electron chi connectivity index (χ2n) is 9.36. The van der Waals surface area contributed by atoms with Gasteiger partial charge in [0.1, 0.15) is 17.2 Å². The highest BCUT2D eigenvalue weighted by atomic mass is 32.1. The van der Waals surface area contributed by atoms with Crippen molar-refractivity contribution in [1.82, 2.24) is 20.2 Å². The van der Waals surface area contributed by atoms with Gasteiger partial charge in [-0.05, 0) is 57.0 Å². The lowest BCUT2D eigenvalue weighted by Gasteiger charge is -2.27. The zero-order chi connectivity index (χ0) is 24.2. The minimum Gasteiger partial charge on any atom is -0.457 e. The fourth-order valence-corrected chi connectivity index (χ4v) is 6.00. The number of hydrogen-bond donors (Lipinski definition) is 3. The summed E-state index contributed by atoms with van der Waals surface area (Å²) in [6.07, 6.45) is 7.57. The topological polar surface area (TPSA) is 99.6 Å². The summed E-state index contributed by atoms with van der Waals surface area (Å²) in [6.45, 7) is 4.90. The van der Waals surface area contributed by atoms with E-state index in [1.165, 1.54) is 6.42 Å². The SMILES string of the molecule is CCN1CCCC1CNC(=O)c1cc(Oc2ccc3nc(N[C@@H]4CCCC[C@H]4O)sc3c2)ccn1. The van der Waals surface area contributed by atoms with Crippen LogP contribution in [-0.2, 0) is 0 Å². The third-order valence-electron chi connectivity index (χ3n) is 7.00. The molecule has 0 bridgehead atoms. The van der Waals surface area contributed by atoms with Crippen LogP contribution in [0.4, 0.5) is 5.13 Å². The number of aromatic nitrogens is 2. The van der Waals surface area contributed by atoms with Gasteiger partial charge in [0.25, 0.3) is 5.91 Å². The number of ether oxygens (including phenoxy) is 1. The number of aliphatic hydroxyl groups is 1. The first-order valence-corrected chi connectivity index (χ1v) is 13.4.